The predicted molar refractivity (Wildman–Crippen MR) is 45.2 cm³/mol. The number of rotatable bonds is 4. The Bertz CT molecular complexity index is 148. The highest BCUT2D eigenvalue weighted by atomic mass is 16.5. The van der Waals surface area contributed by atoms with Crippen LogP contribution in [0.3, 0.4) is 0 Å². The van der Waals surface area contributed by atoms with Gasteiger partial charge in [0.25, 0.3) is 0 Å². The second kappa shape index (κ2) is 4.16. The van der Waals surface area contributed by atoms with Crippen molar-refractivity contribution < 1.29 is 9.53 Å². The van der Waals surface area contributed by atoms with Gasteiger partial charge in [-0.2, -0.15) is 0 Å². The fourth-order valence-electron chi connectivity index (χ4n) is 0.474. The highest BCUT2D eigenvalue weighted by Crippen LogP contribution is 2.21. The first kappa shape index (κ1) is 10.2. The molecule has 0 aliphatic carbocycles. The van der Waals surface area contributed by atoms with Crippen molar-refractivity contribution in [3.8, 4) is 0 Å². The lowest BCUT2D eigenvalue weighted by Gasteiger charge is -2.19. The summed E-state index contributed by atoms with van der Waals surface area (Å²) in [7, 11) is 0. The van der Waals surface area contributed by atoms with Gasteiger partial charge >= 0.3 is 5.97 Å². The zero-order valence-corrected chi connectivity index (χ0v) is 7.52. The first-order valence-electron chi connectivity index (χ1n) is 3.82. The van der Waals surface area contributed by atoms with Crippen molar-refractivity contribution >= 4 is 5.97 Å². The van der Waals surface area contributed by atoms with Crippen LogP contribution in [0.1, 0.15) is 27.2 Å². The number of hydrogen-bond donors (Lipinski definition) is 0. The van der Waals surface area contributed by atoms with E-state index in [1.54, 1.807) is 6.08 Å². The minimum atomic E-state index is -0.358. The van der Waals surface area contributed by atoms with Crippen molar-refractivity contribution in [3.05, 3.63) is 12.7 Å². The molecule has 0 fully saturated rings. The van der Waals surface area contributed by atoms with Gasteiger partial charge in [-0.05, 0) is 20.3 Å². The molecule has 0 aromatic carbocycles. The Morgan fingerprint density at radius 2 is 2.18 bits per heavy atom. The van der Waals surface area contributed by atoms with E-state index in [1.165, 1.54) is 0 Å². The quantitative estimate of drug-likeness (QED) is 0.460. The van der Waals surface area contributed by atoms with Crippen molar-refractivity contribution in [1.82, 2.24) is 0 Å². The van der Waals surface area contributed by atoms with E-state index < -0.39 is 0 Å². The van der Waals surface area contributed by atoms with Crippen molar-refractivity contribution in [2.75, 3.05) is 6.61 Å². The number of carbonyl (C=O) groups is 1. The Labute approximate surface area is 68.2 Å². The molecule has 0 heterocycles. The zero-order chi connectivity index (χ0) is 8.91. The van der Waals surface area contributed by atoms with Gasteiger partial charge in [0, 0.05) is 0 Å². The Morgan fingerprint density at radius 1 is 1.64 bits per heavy atom. The highest BCUT2D eigenvalue weighted by molar-refractivity contribution is 5.75. The molecule has 0 aliphatic heterocycles. The number of hydrogen-bond acceptors (Lipinski definition) is 2. The van der Waals surface area contributed by atoms with E-state index in [2.05, 4.69) is 6.58 Å². The second-order valence-electron chi connectivity index (χ2n) is 3.12. The summed E-state index contributed by atoms with van der Waals surface area (Å²) >= 11 is 0. The van der Waals surface area contributed by atoms with Gasteiger partial charge in [0.05, 0.1) is 5.41 Å². The molecule has 2 nitrogen and oxygen atoms in total. The second-order valence-corrected chi connectivity index (χ2v) is 3.12. The third kappa shape index (κ3) is 3.21. The molecule has 0 amide bonds. The van der Waals surface area contributed by atoms with Gasteiger partial charge in [-0.15, -0.1) is 0 Å². The molecule has 2 heteroatoms. The number of carbonyl (C=O) groups excluding carboxylic acids is 1. The van der Waals surface area contributed by atoms with Crippen LogP contribution in [0.5, 0.6) is 0 Å². The first-order valence-corrected chi connectivity index (χ1v) is 3.82. The largest absolute Gasteiger partial charge is 0.461 e. The average Bonchev–Trinajstić information content (AvgIpc) is 2.00. The van der Waals surface area contributed by atoms with E-state index in [1.807, 2.05) is 20.8 Å². The molecule has 0 bridgehead atoms. The van der Waals surface area contributed by atoms with Gasteiger partial charge in [0.15, 0.2) is 0 Å². The van der Waals surface area contributed by atoms with Crippen LogP contribution in [-0.4, -0.2) is 12.6 Å². The third-order valence-corrected chi connectivity index (χ3v) is 1.77. The summed E-state index contributed by atoms with van der Waals surface area (Å²) in [5.74, 6) is -0.153. The fraction of sp³-hybridized carbons (Fsp3) is 0.667. The summed E-state index contributed by atoms with van der Waals surface area (Å²) < 4.78 is 4.89. The SMILES string of the molecule is C=CCOC(=O)C(C)(C)CC. The zero-order valence-electron chi connectivity index (χ0n) is 7.52. The number of esters is 1. The molecule has 0 N–H and O–H groups in total. The molecule has 0 unspecified atom stereocenters. The van der Waals surface area contributed by atoms with Crippen LogP contribution in [0.2, 0.25) is 0 Å². The standard InChI is InChI=1S/C9H16O2/c1-5-7-11-8(10)9(3,4)6-2/h5H,1,6-7H2,2-4H3. The normalized spacial score (nSPS) is 10.8. The maximum atomic E-state index is 11.2. The molecule has 0 radical (unpaired) electrons. The van der Waals surface area contributed by atoms with Gasteiger partial charge < -0.3 is 4.74 Å². The van der Waals surface area contributed by atoms with Gasteiger partial charge in [-0.25, -0.2) is 0 Å². The first-order chi connectivity index (χ1) is 5.04. The van der Waals surface area contributed by atoms with Crippen LogP contribution in [0, 0.1) is 5.41 Å². The van der Waals surface area contributed by atoms with E-state index in [-0.39, 0.29) is 11.4 Å². The minimum Gasteiger partial charge on any atom is -0.461 e. The highest BCUT2D eigenvalue weighted by Gasteiger charge is 2.26. The molecular weight excluding hydrogens is 140 g/mol. The lowest BCUT2D eigenvalue weighted by molar-refractivity contribution is -0.152. The van der Waals surface area contributed by atoms with Gasteiger partial charge in [-0.1, -0.05) is 19.6 Å². The summed E-state index contributed by atoms with van der Waals surface area (Å²) in [6.07, 6.45) is 2.37. The molecule has 0 aromatic rings. The van der Waals surface area contributed by atoms with E-state index in [0.717, 1.165) is 6.42 Å². The molecule has 64 valence electrons. The molecule has 11 heavy (non-hydrogen) atoms. The summed E-state index contributed by atoms with van der Waals surface area (Å²) in [4.78, 5) is 11.2. The molecule has 0 saturated heterocycles. The predicted octanol–water partition coefficient (Wildman–Crippen LogP) is 2.15. The van der Waals surface area contributed by atoms with Crippen LogP contribution in [0.25, 0.3) is 0 Å². The minimum absolute atomic E-state index is 0.153. The van der Waals surface area contributed by atoms with Crippen LogP contribution in [-0.2, 0) is 9.53 Å². The van der Waals surface area contributed by atoms with Crippen molar-refractivity contribution in [2.24, 2.45) is 5.41 Å². The van der Waals surface area contributed by atoms with Gasteiger partial charge in [-0.3, -0.25) is 4.79 Å². The molecule has 0 spiro atoms. The van der Waals surface area contributed by atoms with Crippen molar-refractivity contribution in [1.29, 1.82) is 0 Å². The van der Waals surface area contributed by atoms with Crippen LogP contribution in [0.15, 0.2) is 12.7 Å². The maximum Gasteiger partial charge on any atom is 0.311 e. The third-order valence-electron chi connectivity index (χ3n) is 1.77. The Balaban J connectivity index is 3.91. The average molecular weight is 156 g/mol. The molecule has 0 saturated carbocycles. The van der Waals surface area contributed by atoms with Crippen LogP contribution in [0.4, 0.5) is 0 Å². The van der Waals surface area contributed by atoms with Crippen LogP contribution < -0.4 is 0 Å². The van der Waals surface area contributed by atoms with Crippen molar-refractivity contribution in [2.45, 2.75) is 27.2 Å². The number of ether oxygens (including phenoxy) is 1. The molecule has 0 atom stereocenters. The summed E-state index contributed by atoms with van der Waals surface area (Å²) in [5.41, 5.74) is -0.358. The maximum absolute atomic E-state index is 11.2. The molecule has 0 aliphatic rings. The fourth-order valence-corrected chi connectivity index (χ4v) is 0.474. The Kier molecular flexibility index (Phi) is 3.86. The van der Waals surface area contributed by atoms with Gasteiger partial charge in [0.1, 0.15) is 6.61 Å². The molecule has 0 aromatic heterocycles. The van der Waals surface area contributed by atoms with E-state index in [4.69, 9.17) is 4.74 Å². The smallest absolute Gasteiger partial charge is 0.311 e. The van der Waals surface area contributed by atoms with E-state index in [9.17, 15) is 4.79 Å². The van der Waals surface area contributed by atoms with Crippen molar-refractivity contribution in [3.63, 3.8) is 0 Å². The summed E-state index contributed by atoms with van der Waals surface area (Å²) in [5, 5.41) is 0. The lowest BCUT2D eigenvalue weighted by atomic mass is 9.91. The van der Waals surface area contributed by atoms with E-state index >= 15 is 0 Å². The van der Waals surface area contributed by atoms with Crippen LogP contribution >= 0.6 is 0 Å². The molecule has 0 rings (SSSR count). The van der Waals surface area contributed by atoms with E-state index in [0.29, 0.717) is 6.61 Å². The molecular formula is C9H16O2. The monoisotopic (exact) mass is 156 g/mol. The lowest BCUT2D eigenvalue weighted by Crippen LogP contribution is -2.25. The Hall–Kier alpha value is -0.790. The summed E-state index contributed by atoms with van der Waals surface area (Å²) in [6.45, 7) is 9.49. The van der Waals surface area contributed by atoms with Gasteiger partial charge in [0.2, 0.25) is 0 Å². The summed E-state index contributed by atoms with van der Waals surface area (Å²) in [6, 6.07) is 0. The Morgan fingerprint density at radius 3 is 2.55 bits per heavy atom. The topological polar surface area (TPSA) is 26.3 Å².